The SMILES string of the molecule is Cc1ccc(S(=O)(=O)N2c3ccccc3C[C@H]2C)cc1C(=O)NCC(C)C. The Hall–Kier alpha value is -2.34. The van der Waals surface area contributed by atoms with Crippen molar-refractivity contribution in [2.24, 2.45) is 5.92 Å². The highest BCUT2D eigenvalue weighted by Gasteiger charge is 2.36. The van der Waals surface area contributed by atoms with E-state index in [-0.39, 0.29) is 16.8 Å². The smallest absolute Gasteiger partial charge is 0.264 e. The molecule has 0 aliphatic carbocycles. The molecule has 1 atom stereocenters. The third kappa shape index (κ3) is 3.72. The van der Waals surface area contributed by atoms with E-state index in [9.17, 15) is 13.2 Å². The van der Waals surface area contributed by atoms with Gasteiger partial charge in [0.25, 0.3) is 15.9 Å². The molecule has 1 aliphatic rings. The maximum atomic E-state index is 13.4. The number of amides is 1. The van der Waals surface area contributed by atoms with Gasteiger partial charge in [0.15, 0.2) is 0 Å². The highest BCUT2D eigenvalue weighted by molar-refractivity contribution is 7.92. The first kappa shape index (κ1) is 19.4. The number of nitrogens with zero attached hydrogens (tertiary/aromatic N) is 1. The summed E-state index contributed by atoms with van der Waals surface area (Å²) in [5, 5.41) is 2.86. The third-order valence-electron chi connectivity index (χ3n) is 4.83. The van der Waals surface area contributed by atoms with Gasteiger partial charge in [-0.05, 0) is 55.5 Å². The monoisotopic (exact) mass is 386 g/mol. The van der Waals surface area contributed by atoms with Crippen LogP contribution in [0.25, 0.3) is 0 Å². The van der Waals surface area contributed by atoms with Crippen molar-refractivity contribution in [1.82, 2.24) is 5.32 Å². The molecule has 2 aromatic rings. The topological polar surface area (TPSA) is 66.5 Å². The molecule has 0 saturated carbocycles. The number of rotatable bonds is 5. The third-order valence-corrected chi connectivity index (χ3v) is 6.75. The van der Waals surface area contributed by atoms with Crippen molar-refractivity contribution >= 4 is 21.6 Å². The first-order valence-electron chi connectivity index (χ1n) is 9.23. The number of sulfonamides is 1. The minimum Gasteiger partial charge on any atom is -0.352 e. The largest absolute Gasteiger partial charge is 0.352 e. The Morgan fingerprint density at radius 2 is 1.93 bits per heavy atom. The Morgan fingerprint density at radius 3 is 2.63 bits per heavy atom. The van der Waals surface area contributed by atoms with Crippen molar-refractivity contribution in [3.8, 4) is 0 Å². The lowest BCUT2D eigenvalue weighted by Crippen LogP contribution is -2.36. The zero-order valence-corrected chi connectivity index (χ0v) is 17.0. The number of fused-ring (bicyclic) bond motifs is 1. The van der Waals surface area contributed by atoms with Gasteiger partial charge in [-0.25, -0.2) is 8.42 Å². The second kappa shape index (κ2) is 7.35. The first-order chi connectivity index (χ1) is 12.7. The number of hydrogen-bond acceptors (Lipinski definition) is 3. The molecule has 27 heavy (non-hydrogen) atoms. The van der Waals surface area contributed by atoms with Crippen molar-refractivity contribution in [2.45, 2.75) is 45.1 Å². The molecule has 1 amide bonds. The maximum Gasteiger partial charge on any atom is 0.264 e. The van der Waals surface area contributed by atoms with Crippen LogP contribution in [0.1, 0.15) is 42.3 Å². The highest BCUT2D eigenvalue weighted by atomic mass is 32.2. The van der Waals surface area contributed by atoms with Gasteiger partial charge in [0.1, 0.15) is 0 Å². The molecule has 0 spiro atoms. The molecule has 2 aromatic carbocycles. The molecule has 1 N–H and O–H groups in total. The van der Waals surface area contributed by atoms with E-state index in [2.05, 4.69) is 5.32 Å². The van der Waals surface area contributed by atoms with Gasteiger partial charge in [-0.3, -0.25) is 9.10 Å². The van der Waals surface area contributed by atoms with Crippen LogP contribution < -0.4 is 9.62 Å². The Balaban J connectivity index is 1.99. The van der Waals surface area contributed by atoms with E-state index in [1.807, 2.05) is 52.0 Å². The Morgan fingerprint density at radius 1 is 1.22 bits per heavy atom. The average Bonchev–Trinajstić information content (AvgIpc) is 2.96. The van der Waals surface area contributed by atoms with Crippen LogP contribution >= 0.6 is 0 Å². The summed E-state index contributed by atoms with van der Waals surface area (Å²) in [6.45, 7) is 8.29. The van der Waals surface area contributed by atoms with Crippen LogP contribution in [0.15, 0.2) is 47.4 Å². The fourth-order valence-corrected chi connectivity index (χ4v) is 5.13. The molecule has 1 aliphatic heterocycles. The lowest BCUT2D eigenvalue weighted by molar-refractivity contribution is 0.0948. The second-order valence-corrected chi connectivity index (χ2v) is 9.38. The summed E-state index contributed by atoms with van der Waals surface area (Å²) < 4.78 is 28.2. The molecule has 0 fully saturated rings. The molecule has 5 nitrogen and oxygen atoms in total. The fraction of sp³-hybridized carbons (Fsp3) is 0.381. The van der Waals surface area contributed by atoms with E-state index in [1.54, 1.807) is 12.1 Å². The molecule has 144 valence electrons. The summed E-state index contributed by atoms with van der Waals surface area (Å²) in [4.78, 5) is 12.7. The average molecular weight is 387 g/mol. The Labute approximate surface area is 161 Å². The number of anilines is 1. The van der Waals surface area contributed by atoms with Gasteiger partial charge in [-0.1, -0.05) is 38.1 Å². The van der Waals surface area contributed by atoms with Crippen LogP contribution in [0.3, 0.4) is 0 Å². The van der Waals surface area contributed by atoms with Crippen molar-refractivity contribution in [2.75, 3.05) is 10.8 Å². The van der Waals surface area contributed by atoms with E-state index < -0.39 is 10.0 Å². The Kier molecular flexibility index (Phi) is 5.29. The van der Waals surface area contributed by atoms with E-state index >= 15 is 0 Å². The molecular formula is C21H26N2O3S. The van der Waals surface area contributed by atoms with Crippen LogP contribution in [0.4, 0.5) is 5.69 Å². The molecule has 0 unspecified atom stereocenters. The van der Waals surface area contributed by atoms with Crippen molar-refractivity contribution in [1.29, 1.82) is 0 Å². The van der Waals surface area contributed by atoms with E-state index in [0.29, 0.717) is 24.4 Å². The first-order valence-corrected chi connectivity index (χ1v) is 10.7. The lowest BCUT2D eigenvalue weighted by atomic mass is 10.1. The van der Waals surface area contributed by atoms with Gasteiger partial charge in [0.05, 0.1) is 10.6 Å². The summed E-state index contributed by atoms with van der Waals surface area (Å²) >= 11 is 0. The summed E-state index contributed by atoms with van der Waals surface area (Å²) in [6.07, 6.45) is 0.684. The van der Waals surface area contributed by atoms with Crippen molar-refractivity contribution < 1.29 is 13.2 Å². The number of aryl methyl sites for hydroxylation is 1. The van der Waals surface area contributed by atoms with Crippen LogP contribution in [0, 0.1) is 12.8 Å². The predicted molar refractivity (Wildman–Crippen MR) is 108 cm³/mol. The number of hydrogen-bond donors (Lipinski definition) is 1. The zero-order chi connectivity index (χ0) is 19.8. The van der Waals surface area contributed by atoms with Gasteiger partial charge < -0.3 is 5.32 Å². The van der Waals surface area contributed by atoms with E-state index in [4.69, 9.17) is 0 Å². The predicted octanol–water partition coefficient (Wildman–Crippen LogP) is 3.52. The van der Waals surface area contributed by atoms with Crippen LogP contribution in [-0.2, 0) is 16.4 Å². The van der Waals surface area contributed by atoms with Crippen LogP contribution in [-0.4, -0.2) is 26.9 Å². The van der Waals surface area contributed by atoms with E-state index in [0.717, 1.165) is 16.8 Å². The van der Waals surface area contributed by atoms with Crippen LogP contribution in [0.5, 0.6) is 0 Å². The number of carbonyl (C=O) groups excluding carboxylic acids is 1. The van der Waals surface area contributed by atoms with Gasteiger partial charge >= 0.3 is 0 Å². The van der Waals surface area contributed by atoms with Gasteiger partial charge in [-0.2, -0.15) is 0 Å². The quantitative estimate of drug-likeness (QED) is 0.855. The van der Waals surface area contributed by atoms with Crippen LogP contribution in [0.2, 0.25) is 0 Å². The molecule has 1 heterocycles. The molecule has 6 heteroatoms. The normalized spacial score (nSPS) is 16.5. The fourth-order valence-electron chi connectivity index (χ4n) is 3.42. The molecule has 0 bridgehead atoms. The molecule has 3 rings (SSSR count). The molecular weight excluding hydrogens is 360 g/mol. The summed E-state index contributed by atoms with van der Waals surface area (Å²) in [5.74, 6) is 0.0799. The van der Waals surface area contributed by atoms with E-state index in [1.165, 1.54) is 10.4 Å². The molecule has 0 aromatic heterocycles. The highest BCUT2D eigenvalue weighted by Crippen LogP contribution is 2.36. The van der Waals surface area contributed by atoms with Crippen molar-refractivity contribution in [3.05, 3.63) is 59.2 Å². The van der Waals surface area contributed by atoms with Gasteiger partial charge in [-0.15, -0.1) is 0 Å². The molecule has 0 radical (unpaired) electrons. The summed E-state index contributed by atoms with van der Waals surface area (Å²) in [5.41, 5.74) is 2.90. The standard InChI is InChI=1S/C21H26N2O3S/c1-14(2)13-22-21(24)19-12-18(10-9-15(19)3)27(25,26)23-16(4)11-17-7-5-6-8-20(17)23/h5-10,12,14,16H,11,13H2,1-4H3,(H,22,24)/t16-/m1/s1. The Bertz CT molecular complexity index is 967. The minimum absolute atomic E-state index is 0.145. The second-order valence-electron chi connectivity index (χ2n) is 7.56. The number of benzene rings is 2. The van der Waals surface area contributed by atoms with Gasteiger partial charge in [0, 0.05) is 18.2 Å². The van der Waals surface area contributed by atoms with Gasteiger partial charge in [0.2, 0.25) is 0 Å². The summed E-state index contributed by atoms with van der Waals surface area (Å²) in [7, 11) is -3.75. The zero-order valence-electron chi connectivity index (χ0n) is 16.2. The maximum absolute atomic E-state index is 13.4. The van der Waals surface area contributed by atoms with Crippen molar-refractivity contribution in [3.63, 3.8) is 0 Å². The molecule has 0 saturated heterocycles. The minimum atomic E-state index is -3.75. The number of carbonyl (C=O) groups is 1. The number of para-hydroxylation sites is 1. The number of nitrogens with one attached hydrogen (secondary N) is 1. The lowest BCUT2D eigenvalue weighted by Gasteiger charge is -2.25. The summed E-state index contributed by atoms with van der Waals surface area (Å²) in [6, 6.07) is 12.2.